The number of imidazole rings is 1. The number of rotatable bonds is 9. The Bertz CT molecular complexity index is 1520. The summed E-state index contributed by atoms with van der Waals surface area (Å²) in [6.45, 7) is 3.96. The van der Waals surface area contributed by atoms with Gasteiger partial charge in [0.25, 0.3) is 0 Å². The summed E-state index contributed by atoms with van der Waals surface area (Å²) in [5.41, 5.74) is 4.27. The molecule has 2 aromatic carbocycles. The van der Waals surface area contributed by atoms with Crippen LogP contribution in [0.4, 0.5) is 17.6 Å². The highest BCUT2D eigenvalue weighted by Gasteiger charge is 2.27. The summed E-state index contributed by atoms with van der Waals surface area (Å²) in [4.78, 5) is 19.3. The van der Waals surface area contributed by atoms with E-state index in [0.717, 1.165) is 69.1 Å². The number of hydrogen-bond acceptors (Lipinski definition) is 10. The lowest BCUT2D eigenvalue weighted by Crippen LogP contribution is -2.36. The summed E-state index contributed by atoms with van der Waals surface area (Å²) in [5, 5.41) is 14.0. The van der Waals surface area contributed by atoms with Crippen LogP contribution in [0.1, 0.15) is 36.1 Å². The van der Waals surface area contributed by atoms with Crippen molar-refractivity contribution in [2.45, 2.75) is 44.9 Å². The Hall–Kier alpha value is -4.35. The van der Waals surface area contributed by atoms with Crippen molar-refractivity contribution in [3.8, 4) is 22.9 Å². The first-order valence-electron chi connectivity index (χ1n) is 14.7. The van der Waals surface area contributed by atoms with Crippen molar-refractivity contribution in [1.82, 2.24) is 24.4 Å². The molecule has 2 N–H and O–H groups in total. The van der Waals surface area contributed by atoms with E-state index < -0.39 is 0 Å². The number of aliphatic hydroxyl groups excluding tert-OH is 1. The first kappa shape index (κ1) is 28.8. The highest BCUT2D eigenvalue weighted by atomic mass is 16.5. The van der Waals surface area contributed by atoms with E-state index in [-0.39, 0.29) is 6.10 Å². The molecule has 2 aliphatic heterocycles. The monoisotopic (exact) mass is 585 g/mol. The quantitative estimate of drug-likeness (QED) is 0.294. The summed E-state index contributed by atoms with van der Waals surface area (Å²) < 4.78 is 18.4. The number of fused-ring (bicyclic) bond motifs is 1. The largest absolute Gasteiger partial charge is 0.493 e. The molecular weight excluding hydrogens is 546 g/mol. The first-order valence-corrected chi connectivity index (χ1v) is 14.7. The van der Waals surface area contributed by atoms with Crippen molar-refractivity contribution in [3.63, 3.8) is 0 Å². The Morgan fingerprint density at radius 3 is 2.51 bits per heavy atom. The zero-order valence-electron chi connectivity index (χ0n) is 25.0. The number of nitrogens with zero attached hydrogens (tertiary/aromatic N) is 6. The molecule has 0 bridgehead atoms. The van der Waals surface area contributed by atoms with Crippen molar-refractivity contribution < 1.29 is 19.3 Å². The van der Waals surface area contributed by atoms with Crippen LogP contribution < -0.4 is 24.4 Å². The van der Waals surface area contributed by atoms with E-state index in [4.69, 9.17) is 24.2 Å². The number of aromatic nitrogens is 4. The Labute approximate surface area is 252 Å². The van der Waals surface area contributed by atoms with Gasteiger partial charge < -0.3 is 34.1 Å². The predicted octanol–water partition coefficient (Wildman–Crippen LogP) is 4.34. The second kappa shape index (κ2) is 12.9. The number of ether oxygens (including phenoxy) is 3. The molecule has 6 rings (SSSR count). The molecule has 1 unspecified atom stereocenters. The summed E-state index contributed by atoms with van der Waals surface area (Å²) in [6, 6.07) is 14.3. The van der Waals surface area contributed by atoms with Gasteiger partial charge in [-0.1, -0.05) is 30.3 Å². The summed E-state index contributed by atoms with van der Waals surface area (Å²) in [5.74, 6) is 3.65. The molecule has 4 heterocycles. The fourth-order valence-corrected chi connectivity index (χ4v) is 5.93. The molecule has 43 heavy (non-hydrogen) atoms. The van der Waals surface area contributed by atoms with E-state index in [2.05, 4.69) is 44.4 Å². The third-order valence-corrected chi connectivity index (χ3v) is 8.09. The lowest BCUT2D eigenvalue weighted by Gasteiger charge is -2.32. The Balaban J connectivity index is 1.30. The fraction of sp³-hybridized carbons (Fsp3) is 0.406. The van der Waals surface area contributed by atoms with Gasteiger partial charge in [-0.3, -0.25) is 4.90 Å². The molecule has 0 spiro atoms. The summed E-state index contributed by atoms with van der Waals surface area (Å²) in [6.07, 6.45) is 6.95. The van der Waals surface area contributed by atoms with Gasteiger partial charge in [-0.15, -0.1) is 0 Å². The van der Waals surface area contributed by atoms with E-state index in [1.165, 1.54) is 11.1 Å². The van der Waals surface area contributed by atoms with Gasteiger partial charge in [0.05, 0.1) is 45.0 Å². The number of methoxy groups -OCH3 is 3. The van der Waals surface area contributed by atoms with Gasteiger partial charge in [-0.05, 0) is 31.2 Å². The van der Waals surface area contributed by atoms with Crippen molar-refractivity contribution in [3.05, 3.63) is 71.8 Å². The third kappa shape index (κ3) is 6.37. The van der Waals surface area contributed by atoms with Crippen LogP contribution in [0.5, 0.6) is 17.2 Å². The lowest BCUT2D eigenvalue weighted by atomic mass is 10.0. The Morgan fingerprint density at radius 1 is 0.977 bits per heavy atom. The van der Waals surface area contributed by atoms with Crippen molar-refractivity contribution in [2.75, 3.05) is 51.2 Å². The number of aliphatic hydroxyl groups is 1. The lowest BCUT2D eigenvalue weighted by molar-refractivity contribution is 0.173. The van der Waals surface area contributed by atoms with Gasteiger partial charge in [0, 0.05) is 50.4 Å². The average Bonchev–Trinajstić information content (AvgIpc) is 3.39. The summed E-state index contributed by atoms with van der Waals surface area (Å²) in [7, 11) is 4.77. The van der Waals surface area contributed by atoms with Gasteiger partial charge in [0.2, 0.25) is 11.7 Å². The van der Waals surface area contributed by atoms with Crippen LogP contribution in [-0.4, -0.2) is 76.6 Å². The topological polar surface area (TPSA) is 110 Å². The van der Waals surface area contributed by atoms with Crippen LogP contribution in [0.25, 0.3) is 5.69 Å². The van der Waals surface area contributed by atoms with Crippen LogP contribution in [0.15, 0.2) is 55.0 Å². The molecule has 0 radical (unpaired) electrons. The van der Waals surface area contributed by atoms with Crippen LogP contribution in [0.2, 0.25) is 0 Å². The smallest absolute Gasteiger partial charge is 0.230 e. The first-order chi connectivity index (χ1) is 21.0. The normalized spacial score (nSPS) is 17.2. The Kier molecular flexibility index (Phi) is 8.62. The van der Waals surface area contributed by atoms with Crippen molar-refractivity contribution in [2.24, 2.45) is 0 Å². The van der Waals surface area contributed by atoms with Gasteiger partial charge in [0.1, 0.15) is 12.1 Å². The molecule has 226 valence electrons. The molecule has 11 nitrogen and oxygen atoms in total. The molecule has 1 saturated heterocycles. The molecule has 2 aromatic heterocycles. The van der Waals surface area contributed by atoms with Gasteiger partial charge >= 0.3 is 0 Å². The molecule has 1 atom stereocenters. The van der Waals surface area contributed by atoms with Crippen LogP contribution in [0, 0.1) is 0 Å². The highest BCUT2D eigenvalue weighted by molar-refractivity contribution is 5.60. The molecule has 1 fully saturated rings. The molecular formula is C32H39N7O4. The van der Waals surface area contributed by atoms with Crippen molar-refractivity contribution >= 4 is 17.6 Å². The predicted molar refractivity (Wildman–Crippen MR) is 165 cm³/mol. The van der Waals surface area contributed by atoms with E-state index in [9.17, 15) is 5.11 Å². The van der Waals surface area contributed by atoms with E-state index in [1.807, 2.05) is 29.0 Å². The van der Waals surface area contributed by atoms with E-state index >= 15 is 0 Å². The maximum absolute atomic E-state index is 10.6. The van der Waals surface area contributed by atoms with Crippen LogP contribution in [0.3, 0.4) is 0 Å². The zero-order chi connectivity index (χ0) is 29.8. The van der Waals surface area contributed by atoms with Crippen molar-refractivity contribution in [1.29, 1.82) is 0 Å². The van der Waals surface area contributed by atoms with E-state index in [0.29, 0.717) is 35.6 Å². The number of benzene rings is 2. The average molecular weight is 586 g/mol. The molecule has 0 aliphatic carbocycles. The summed E-state index contributed by atoms with van der Waals surface area (Å²) >= 11 is 0. The fourth-order valence-electron chi connectivity index (χ4n) is 5.93. The van der Waals surface area contributed by atoms with Crippen LogP contribution in [-0.2, 0) is 19.5 Å². The zero-order valence-corrected chi connectivity index (χ0v) is 25.0. The Morgan fingerprint density at radius 2 is 1.77 bits per heavy atom. The second-order valence-electron chi connectivity index (χ2n) is 11.0. The SMILES string of the molecule is COc1cc(-n2cnc(Nc3nc4c(c(N5CCCCC(O)C5)n3)CCN(Cc3ccccc3)C4)c2)cc(OC)c1OC. The maximum Gasteiger partial charge on any atom is 0.230 e. The van der Waals surface area contributed by atoms with Gasteiger partial charge in [-0.25, -0.2) is 9.97 Å². The number of β-amino-alcohol motifs (C(OH)–C–C–N with tert-alkyl or cyclic N) is 1. The molecule has 4 aromatic rings. The number of anilines is 3. The minimum absolute atomic E-state index is 0.364. The van der Waals surface area contributed by atoms with Gasteiger partial charge in [0.15, 0.2) is 17.3 Å². The standard InChI is InChI=1S/C32H39N7O4/c1-41-27-15-23(16-28(42-2)30(27)43-3)39-20-29(33-21-39)35-32-34-26-19-37(17-22-9-5-4-6-10-22)14-12-25(26)31(36-32)38-13-8-7-11-24(40)18-38/h4-6,9-10,15-16,20-21,24,40H,7-8,11-14,17-19H2,1-3H3,(H,34,35,36). The molecule has 0 amide bonds. The third-order valence-electron chi connectivity index (χ3n) is 8.09. The van der Waals surface area contributed by atoms with E-state index in [1.54, 1.807) is 27.7 Å². The maximum atomic E-state index is 10.6. The number of hydrogen-bond donors (Lipinski definition) is 2. The molecule has 2 aliphatic rings. The minimum atomic E-state index is -0.364. The second-order valence-corrected chi connectivity index (χ2v) is 11.0. The van der Waals surface area contributed by atoms with Gasteiger partial charge in [-0.2, -0.15) is 4.98 Å². The molecule has 0 saturated carbocycles. The molecule has 11 heteroatoms. The minimum Gasteiger partial charge on any atom is -0.493 e. The van der Waals surface area contributed by atoms with Crippen LogP contribution >= 0.6 is 0 Å². The number of nitrogens with one attached hydrogen (secondary N) is 1. The highest BCUT2D eigenvalue weighted by Crippen LogP contribution is 2.39.